The van der Waals surface area contributed by atoms with Crippen molar-refractivity contribution in [1.29, 1.82) is 0 Å². The fraction of sp³-hybridized carbons (Fsp3) is 0.500. The second-order valence-corrected chi connectivity index (χ2v) is 5.31. The van der Waals surface area contributed by atoms with Gasteiger partial charge >= 0.3 is 0 Å². The first kappa shape index (κ1) is 13.3. The first-order valence-electron chi connectivity index (χ1n) is 6.35. The molecule has 0 aliphatic carbocycles. The number of benzene rings is 1. The van der Waals surface area contributed by atoms with Crippen molar-refractivity contribution < 1.29 is 4.74 Å². The molecule has 1 heterocycles. The van der Waals surface area contributed by atoms with Crippen LogP contribution in [-0.2, 0) is 4.74 Å². The standard InChI is InChI=1S/C14H20N2OS/c1-10-4-5-12(14(15)18)13(8-10)16-6-3-7-17-11(2)9-16/h4-5,8,11H,3,6-7,9H2,1-2H3,(H2,15,18). The van der Waals surface area contributed by atoms with Gasteiger partial charge in [-0.3, -0.25) is 0 Å². The summed E-state index contributed by atoms with van der Waals surface area (Å²) in [7, 11) is 0. The highest BCUT2D eigenvalue weighted by atomic mass is 32.1. The predicted molar refractivity (Wildman–Crippen MR) is 79.3 cm³/mol. The van der Waals surface area contributed by atoms with Gasteiger partial charge in [-0.1, -0.05) is 18.3 Å². The SMILES string of the molecule is Cc1ccc(C(N)=S)c(N2CCCOC(C)C2)c1. The lowest BCUT2D eigenvalue weighted by molar-refractivity contribution is 0.0821. The molecule has 1 aromatic carbocycles. The van der Waals surface area contributed by atoms with E-state index in [4.69, 9.17) is 22.7 Å². The maximum absolute atomic E-state index is 5.82. The van der Waals surface area contributed by atoms with Crippen LogP contribution in [0.4, 0.5) is 5.69 Å². The van der Waals surface area contributed by atoms with Crippen LogP contribution in [0.2, 0.25) is 0 Å². The number of thiocarbonyl (C=S) groups is 1. The van der Waals surface area contributed by atoms with Crippen LogP contribution in [0.5, 0.6) is 0 Å². The molecule has 3 nitrogen and oxygen atoms in total. The van der Waals surface area contributed by atoms with Crippen molar-refractivity contribution in [1.82, 2.24) is 0 Å². The highest BCUT2D eigenvalue weighted by molar-refractivity contribution is 7.80. The van der Waals surface area contributed by atoms with Gasteiger partial charge in [-0.15, -0.1) is 0 Å². The second-order valence-electron chi connectivity index (χ2n) is 4.87. The van der Waals surface area contributed by atoms with Crippen LogP contribution in [0, 0.1) is 6.92 Å². The van der Waals surface area contributed by atoms with Gasteiger partial charge in [-0.2, -0.15) is 0 Å². The van der Waals surface area contributed by atoms with E-state index in [0.717, 1.165) is 37.4 Å². The van der Waals surface area contributed by atoms with E-state index in [2.05, 4.69) is 30.9 Å². The minimum atomic E-state index is 0.243. The lowest BCUT2D eigenvalue weighted by Crippen LogP contribution is -2.32. The summed E-state index contributed by atoms with van der Waals surface area (Å²) in [6.45, 7) is 6.90. The van der Waals surface area contributed by atoms with Gasteiger partial charge in [0.15, 0.2) is 0 Å². The number of aryl methyl sites for hydroxylation is 1. The molecule has 1 aliphatic heterocycles. The summed E-state index contributed by atoms with van der Waals surface area (Å²) in [6, 6.07) is 6.23. The smallest absolute Gasteiger partial charge is 0.106 e. The third kappa shape index (κ3) is 3.00. The van der Waals surface area contributed by atoms with Gasteiger partial charge < -0.3 is 15.4 Å². The van der Waals surface area contributed by atoms with E-state index in [1.54, 1.807) is 0 Å². The molecule has 1 aliphatic rings. The minimum Gasteiger partial charge on any atom is -0.389 e. The van der Waals surface area contributed by atoms with E-state index in [9.17, 15) is 0 Å². The van der Waals surface area contributed by atoms with Gasteiger partial charge in [0.05, 0.1) is 6.10 Å². The van der Waals surface area contributed by atoms with E-state index < -0.39 is 0 Å². The maximum Gasteiger partial charge on any atom is 0.106 e. The van der Waals surface area contributed by atoms with Gasteiger partial charge in [-0.25, -0.2) is 0 Å². The molecule has 1 unspecified atom stereocenters. The summed E-state index contributed by atoms with van der Waals surface area (Å²) >= 11 is 5.15. The summed E-state index contributed by atoms with van der Waals surface area (Å²) in [6.07, 6.45) is 1.28. The van der Waals surface area contributed by atoms with Crippen LogP contribution >= 0.6 is 12.2 Å². The van der Waals surface area contributed by atoms with Crippen LogP contribution in [0.3, 0.4) is 0 Å². The minimum absolute atomic E-state index is 0.243. The van der Waals surface area contributed by atoms with Crippen LogP contribution in [0.1, 0.15) is 24.5 Å². The van der Waals surface area contributed by atoms with Crippen molar-refractivity contribution in [2.24, 2.45) is 5.73 Å². The maximum atomic E-state index is 5.82. The molecule has 1 atom stereocenters. The van der Waals surface area contributed by atoms with E-state index >= 15 is 0 Å². The van der Waals surface area contributed by atoms with Crippen molar-refractivity contribution >= 4 is 22.9 Å². The lowest BCUT2D eigenvalue weighted by Gasteiger charge is -2.27. The molecule has 0 bridgehead atoms. The Morgan fingerprint density at radius 3 is 3.00 bits per heavy atom. The number of anilines is 1. The molecule has 18 heavy (non-hydrogen) atoms. The zero-order chi connectivity index (χ0) is 13.1. The van der Waals surface area contributed by atoms with Crippen molar-refractivity contribution in [2.75, 3.05) is 24.6 Å². The highest BCUT2D eigenvalue weighted by Gasteiger charge is 2.18. The molecule has 0 aromatic heterocycles. The normalized spacial score (nSPS) is 20.6. The molecule has 0 spiro atoms. The Morgan fingerprint density at radius 1 is 1.50 bits per heavy atom. The van der Waals surface area contributed by atoms with E-state index in [-0.39, 0.29) is 6.10 Å². The molecule has 98 valence electrons. The van der Waals surface area contributed by atoms with E-state index in [0.29, 0.717) is 4.99 Å². The van der Waals surface area contributed by atoms with Crippen LogP contribution < -0.4 is 10.6 Å². The molecule has 0 amide bonds. The summed E-state index contributed by atoms with van der Waals surface area (Å²) in [4.78, 5) is 2.79. The molecule has 2 rings (SSSR count). The predicted octanol–water partition coefficient (Wildman–Crippen LogP) is 2.24. The van der Waals surface area contributed by atoms with Crippen molar-refractivity contribution in [3.63, 3.8) is 0 Å². The third-order valence-electron chi connectivity index (χ3n) is 3.21. The number of nitrogens with zero attached hydrogens (tertiary/aromatic N) is 1. The third-order valence-corrected chi connectivity index (χ3v) is 3.43. The zero-order valence-electron chi connectivity index (χ0n) is 11.0. The topological polar surface area (TPSA) is 38.5 Å². The van der Waals surface area contributed by atoms with E-state index in [1.165, 1.54) is 5.56 Å². The van der Waals surface area contributed by atoms with Gasteiger partial charge in [0, 0.05) is 30.9 Å². The number of rotatable bonds is 2. The monoisotopic (exact) mass is 264 g/mol. The molecular formula is C14H20N2OS. The van der Waals surface area contributed by atoms with Crippen molar-refractivity contribution in [3.05, 3.63) is 29.3 Å². The highest BCUT2D eigenvalue weighted by Crippen LogP contribution is 2.24. The number of nitrogens with two attached hydrogens (primary N) is 1. The van der Waals surface area contributed by atoms with Gasteiger partial charge in [0.25, 0.3) is 0 Å². The quantitative estimate of drug-likeness (QED) is 0.832. The summed E-state index contributed by atoms with van der Waals surface area (Å²) in [5.74, 6) is 0. The van der Waals surface area contributed by atoms with E-state index in [1.807, 2.05) is 6.07 Å². The van der Waals surface area contributed by atoms with Crippen molar-refractivity contribution in [3.8, 4) is 0 Å². The molecule has 2 N–H and O–H groups in total. The number of hydrogen-bond acceptors (Lipinski definition) is 3. The zero-order valence-corrected chi connectivity index (χ0v) is 11.8. The molecule has 0 saturated carbocycles. The average Bonchev–Trinajstić information content (AvgIpc) is 2.53. The fourth-order valence-corrected chi connectivity index (χ4v) is 2.50. The Hall–Kier alpha value is -1.13. The largest absolute Gasteiger partial charge is 0.389 e. The summed E-state index contributed by atoms with van der Waals surface area (Å²) in [5.41, 5.74) is 9.14. The fourth-order valence-electron chi connectivity index (χ4n) is 2.32. The number of hydrogen-bond donors (Lipinski definition) is 1. The van der Waals surface area contributed by atoms with Crippen LogP contribution in [-0.4, -0.2) is 30.8 Å². The second kappa shape index (κ2) is 5.67. The van der Waals surface area contributed by atoms with Crippen LogP contribution in [0.15, 0.2) is 18.2 Å². The summed E-state index contributed by atoms with van der Waals surface area (Å²) < 4.78 is 5.68. The molecule has 1 aromatic rings. The first-order valence-corrected chi connectivity index (χ1v) is 6.76. The van der Waals surface area contributed by atoms with Crippen molar-refractivity contribution in [2.45, 2.75) is 26.4 Å². The Balaban J connectivity index is 2.35. The molecule has 4 heteroatoms. The van der Waals surface area contributed by atoms with Gasteiger partial charge in [-0.05, 0) is 38.0 Å². The average molecular weight is 264 g/mol. The molecule has 1 fully saturated rings. The molecule has 0 radical (unpaired) electrons. The Bertz CT molecular complexity index is 447. The number of ether oxygens (including phenoxy) is 1. The molecular weight excluding hydrogens is 244 g/mol. The summed E-state index contributed by atoms with van der Waals surface area (Å²) in [5, 5.41) is 0. The van der Waals surface area contributed by atoms with Gasteiger partial charge in [0.2, 0.25) is 0 Å². The van der Waals surface area contributed by atoms with Gasteiger partial charge in [0.1, 0.15) is 4.99 Å². The Kier molecular flexibility index (Phi) is 4.19. The van der Waals surface area contributed by atoms with Crippen LogP contribution in [0.25, 0.3) is 0 Å². The lowest BCUT2D eigenvalue weighted by atomic mass is 10.1. The first-order chi connectivity index (χ1) is 8.58. The Labute approximate surface area is 114 Å². The molecule has 1 saturated heterocycles. The Morgan fingerprint density at radius 2 is 2.28 bits per heavy atom.